The first-order valence-electron chi connectivity index (χ1n) is 9.39. The minimum absolute atomic E-state index is 0.0725. The second-order valence-electron chi connectivity index (χ2n) is 6.30. The molecule has 0 aliphatic rings. The van der Waals surface area contributed by atoms with Crippen LogP contribution in [0.5, 0.6) is 11.5 Å². The van der Waals surface area contributed by atoms with Gasteiger partial charge in [0.1, 0.15) is 11.5 Å². The average molecular weight is 413 g/mol. The fourth-order valence-corrected chi connectivity index (χ4v) is 3.18. The van der Waals surface area contributed by atoms with Gasteiger partial charge in [0.05, 0.1) is 13.7 Å². The summed E-state index contributed by atoms with van der Waals surface area (Å²) >= 11 is 5.34. The molecular formula is C21H24N4O3S. The molecule has 2 N–H and O–H groups in total. The van der Waals surface area contributed by atoms with Crippen molar-refractivity contribution in [3.8, 4) is 22.9 Å². The predicted octanol–water partition coefficient (Wildman–Crippen LogP) is 3.72. The van der Waals surface area contributed by atoms with E-state index in [0.717, 1.165) is 22.6 Å². The van der Waals surface area contributed by atoms with Crippen LogP contribution in [-0.4, -0.2) is 34.4 Å². The zero-order valence-corrected chi connectivity index (χ0v) is 17.3. The monoisotopic (exact) mass is 412 g/mol. The van der Waals surface area contributed by atoms with Crippen LogP contribution in [-0.2, 0) is 17.9 Å². The molecule has 0 aliphatic carbocycles. The average Bonchev–Trinajstić information content (AvgIpc) is 3.12. The molecule has 0 spiro atoms. The van der Waals surface area contributed by atoms with Crippen LogP contribution in [0.3, 0.4) is 0 Å². The molecule has 2 aromatic carbocycles. The number of H-pyrrole nitrogens is 1. The quantitative estimate of drug-likeness (QED) is 0.524. The molecule has 0 unspecified atom stereocenters. The fraction of sp³-hybridized carbons (Fsp3) is 0.286. The van der Waals surface area contributed by atoms with Crippen LogP contribution >= 0.6 is 12.2 Å². The predicted molar refractivity (Wildman–Crippen MR) is 113 cm³/mol. The number of carbonyl (C=O) groups excluding carboxylic acids is 1. The van der Waals surface area contributed by atoms with E-state index in [1.807, 2.05) is 60.0 Å². The van der Waals surface area contributed by atoms with E-state index < -0.39 is 0 Å². The summed E-state index contributed by atoms with van der Waals surface area (Å²) in [5.41, 5.74) is 1.83. The van der Waals surface area contributed by atoms with Gasteiger partial charge >= 0.3 is 0 Å². The van der Waals surface area contributed by atoms with Crippen molar-refractivity contribution in [1.29, 1.82) is 0 Å². The number of aromatic amines is 1. The number of nitrogens with one attached hydrogen (secondary N) is 2. The molecular weight excluding hydrogens is 388 g/mol. The molecule has 0 aliphatic heterocycles. The molecule has 7 nitrogen and oxygen atoms in total. The first-order chi connectivity index (χ1) is 14.1. The number of methoxy groups -OCH3 is 1. The molecule has 0 bridgehead atoms. The molecule has 152 valence electrons. The maximum absolute atomic E-state index is 12.3. The second kappa shape index (κ2) is 9.88. The molecule has 0 saturated heterocycles. The Hall–Kier alpha value is -3.13. The first-order valence-corrected chi connectivity index (χ1v) is 9.80. The lowest BCUT2D eigenvalue weighted by molar-refractivity contribution is -0.121. The van der Waals surface area contributed by atoms with E-state index in [2.05, 4.69) is 15.5 Å². The summed E-state index contributed by atoms with van der Waals surface area (Å²) in [6.07, 6.45) is 0.285. The van der Waals surface area contributed by atoms with Gasteiger partial charge in [-0.25, -0.2) is 0 Å². The lowest BCUT2D eigenvalue weighted by atomic mass is 10.2. The van der Waals surface area contributed by atoms with Crippen LogP contribution in [0.2, 0.25) is 0 Å². The Labute approximate surface area is 174 Å². The van der Waals surface area contributed by atoms with E-state index in [1.165, 1.54) is 0 Å². The lowest BCUT2D eigenvalue weighted by Crippen LogP contribution is -2.24. The maximum Gasteiger partial charge on any atom is 0.222 e. The van der Waals surface area contributed by atoms with Crippen molar-refractivity contribution in [1.82, 2.24) is 20.1 Å². The van der Waals surface area contributed by atoms with E-state index in [4.69, 9.17) is 21.7 Å². The van der Waals surface area contributed by atoms with Crippen molar-refractivity contribution in [3.63, 3.8) is 0 Å². The van der Waals surface area contributed by atoms with Gasteiger partial charge in [0.2, 0.25) is 5.91 Å². The van der Waals surface area contributed by atoms with Gasteiger partial charge < -0.3 is 14.8 Å². The Morgan fingerprint density at radius 3 is 2.69 bits per heavy atom. The second-order valence-corrected chi connectivity index (χ2v) is 6.69. The number of para-hydroxylation sites is 1. The standard InChI is InChI=1S/C21H24N4O3S/c1-3-28-17-10-8-15(9-11-17)20-23-24-21(29)25(20)13-12-19(26)22-14-16-6-4-5-7-18(16)27-2/h4-11H,3,12-14H2,1-2H3,(H,22,26)(H,24,29). The fourth-order valence-electron chi connectivity index (χ4n) is 2.96. The van der Waals surface area contributed by atoms with Crippen LogP contribution < -0.4 is 14.8 Å². The number of carbonyl (C=O) groups is 1. The maximum atomic E-state index is 12.3. The first kappa shape index (κ1) is 20.6. The molecule has 3 rings (SSSR count). The van der Waals surface area contributed by atoms with Gasteiger partial charge in [0.25, 0.3) is 0 Å². The number of aromatic nitrogens is 3. The van der Waals surface area contributed by atoms with E-state index in [1.54, 1.807) is 7.11 Å². The van der Waals surface area contributed by atoms with Crippen LogP contribution in [0.15, 0.2) is 48.5 Å². The van der Waals surface area contributed by atoms with Gasteiger partial charge in [-0.1, -0.05) is 18.2 Å². The summed E-state index contributed by atoms with van der Waals surface area (Å²) in [6, 6.07) is 15.2. The molecule has 29 heavy (non-hydrogen) atoms. The zero-order valence-electron chi connectivity index (χ0n) is 16.5. The van der Waals surface area contributed by atoms with E-state index in [-0.39, 0.29) is 12.3 Å². The highest BCUT2D eigenvalue weighted by Crippen LogP contribution is 2.21. The number of amides is 1. The third-order valence-electron chi connectivity index (χ3n) is 4.41. The Bertz CT molecular complexity index is 1010. The summed E-state index contributed by atoms with van der Waals surface area (Å²) in [4.78, 5) is 12.3. The lowest BCUT2D eigenvalue weighted by Gasteiger charge is -2.10. The van der Waals surface area contributed by atoms with Crippen molar-refractivity contribution < 1.29 is 14.3 Å². The highest BCUT2D eigenvalue weighted by Gasteiger charge is 2.11. The number of ether oxygens (including phenoxy) is 2. The topological polar surface area (TPSA) is 81.2 Å². The highest BCUT2D eigenvalue weighted by molar-refractivity contribution is 7.71. The number of hydrogen-bond acceptors (Lipinski definition) is 5. The van der Waals surface area contributed by atoms with Crippen LogP contribution in [0.4, 0.5) is 0 Å². The Morgan fingerprint density at radius 1 is 1.21 bits per heavy atom. The van der Waals surface area contributed by atoms with Crippen molar-refractivity contribution >= 4 is 18.1 Å². The third-order valence-corrected chi connectivity index (χ3v) is 4.72. The van der Waals surface area contributed by atoms with Crippen molar-refractivity contribution in [2.75, 3.05) is 13.7 Å². The minimum atomic E-state index is -0.0725. The molecule has 1 amide bonds. The summed E-state index contributed by atoms with van der Waals surface area (Å²) in [6.45, 7) is 3.39. The number of benzene rings is 2. The smallest absolute Gasteiger partial charge is 0.222 e. The Morgan fingerprint density at radius 2 is 1.97 bits per heavy atom. The van der Waals surface area contributed by atoms with E-state index in [9.17, 15) is 4.79 Å². The molecule has 3 aromatic rings. The molecule has 0 atom stereocenters. The number of rotatable bonds is 9. The van der Waals surface area contributed by atoms with Crippen molar-refractivity contribution in [3.05, 3.63) is 58.9 Å². The van der Waals surface area contributed by atoms with Gasteiger partial charge in [-0.2, -0.15) is 5.10 Å². The Kier molecular flexibility index (Phi) is 7.02. The zero-order chi connectivity index (χ0) is 20.6. The summed E-state index contributed by atoms with van der Waals surface area (Å²) < 4.78 is 13.1. The van der Waals surface area contributed by atoms with E-state index >= 15 is 0 Å². The normalized spacial score (nSPS) is 10.6. The molecule has 8 heteroatoms. The SMILES string of the molecule is CCOc1ccc(-c2n[nH]c(=S)n2CCC(=O)NCc2ccccc2OC)cc1. The minimum Gasteiger partial charge on any atom is -0.496 e. The van der Waals surface area contributed by atoms with Crippen molar-refractivity contribution in [2.24, 2.45) is 0 Å². The van der Waals surface area contributed by atoms with E-state index in [0.29, 0.717) is 30.3 Å². The van der Waals surface area contributed by atoms with Crippen LogP contribution in [0, 0.1) is 4.77 Å². The van der Waals surface area contributed by atoms with Gasteiger partial charge in [-0.3, -0.25) is 14.5 Å². The number of nitrogens with zero attached hydrogens (tertiary/aromatic N) is 2. The highest BCUT2D eigenvalue weighted by atomic mass is 32.1. The molecule has 1 heterocycles. The summed E-state index contributed by atoms with van der Waals surface area (Å²) in [5.74, 6) is 2.17. The molecule has 0 saturated carbocycles. The van der Waals surface area contributed by atoms with Gasteiger partial charge in [-0.05, 0) is 49.5 Å². The summed E-state index contributed by atoms with van der Waals surface area (Å²) in [7, 11) is 1.61. The van der Waals surface area contributed by atoms with Crippen LogP contribution in [0.1, 0.15) is 18.9 Å². The van der Waals surface area contributed by atoms with Crippen molar-refractivity contribution in [2.45, 2.75) is 26.4 Å². The molecule has 0 radical (unpaired) electrons. The van der Waals surface area contributed by atoms with Gasteiger partial charge in [-0.15, -0.1) is 0 Å². The largest absolute Gasteiger partial charge is 0.496 e. The molecule has 1 aromatic heterocycles. The van der Waals surface area contributed by atoms with Gasteiger partial charge in [0, 0.05) is 30.6 Å². The third kappa shape index (κ3) is 5.23. The molecule has 0 fully saturated rings. The van der Waals surface area contributed by atoms with Gasteiger partial charge in [0.15, 0.2) is 10.6 Å². The summed E-state index contributed by atoms with van der Waals surface area (Å²) in [5, 5.41) is 10.0. The number of hydrogen-bond donors (Lipinski definition) is 2. The van der Waals surface area contributed by atoms with Crippen LogP contribution in [0.25, 0.3) is 11.4 Å². The Balaban J connectivity index is 1.63.